The molecule has 0 radical (unpaired) electrons. The number of hydrazone groups is 1. The van der Waals surface area contributed by atoms with Gasteiger partial charge in [-0.05, 0) is 12.1 Å². The van der Waals surface area contributed by atoms with E-state index in [1.54, 1.807) is 6.21 Å². The molecular weight excluding hydrogens is 230 g/mol. The minimum absolute atomic E-state index is 0. The largest absolute Gasteiger partial charge is 0.226 e. The zero-order valence-electron chi connectivity index (χ0n) is 6.92. The Morgan fingerprint density at radius 1 is 1.23 bits per heavy atom. The molecule has 1 aromatic carbocycles. The van der Waals surface area contributed by atoms with E-state index in [1.807, 2.05) is 36.4 Å². The number of rotatable bonds is 0. The van der Waals surface area contributed by atoms with Crippen LogP contribution in [0.4, 0.5) is 5.69 Å². The van der Waals surface area contributed by atoms with E-state index in [4.69, 9.17) is 5.84 Å². The van der Waals surface area contributed by atoms with Gasteiger partial charge >= 0.3 is 0 Å². The molecule has 13 heavy (non-hydrogen) atoms. The van der Waals surface area contributed by atoms with Crippen molar-refractivity contribution in [1.29, 1.82) is 0 Å². The van der Waals surface area contributed by atoms with Crippen molar-refractivity contribution < 1.29 is 0 Å². The fourth-order valence-corrected chi connectivity index (χ4v) is 1.16. The third kappa shape index (κ3) is 1.96. The highest BCUT2D eigenvalue weighted by molar-refractivity contribution is 8.93. The summed E-state index contributed by atoms with van der Waals surface area (Å²) in [7, 11) is 0. The molecule has 0 unspecified atom stereocenters. The van der Waals surface area contributed by atoms with Gasteiger partial charge in [0.15, 0.2) is 0 Å². The first-order valence-electron chi connectivity index (χ1n) is 3.72. The van der Waals surface area contributed by atoms with Gasteiger partial charge in [0, 0.05) is 11.8 Å². The zero-order valence-corrected chi connectivity index (χ0v) is 8.63. The van der Waals surface area contributed by atoms with Crippen LogP contribution < -0.4 is 11.0 Å². The van der Waals surface area contributed by atoms with Gasteiger partial charge in [-0.1, -0.05) is 24.3 Å². The lowest BCUT2D eigenvalue weighted by molar-refractivity contribution is 0.932. The van der Waals surface area contributed by atoms with E-state index in [0.29, 0.717) is 0 Å². The van der Waals surface area contributed by atoms with E-state index in [9.17, 15) is 0 Å². The van der Waals surface area contributed by atoms with Crippen molar-refractivity contribution >= 4 is 35.0 Å². The molecule has 1 aliphatic heterocycles. The van der Waals surface area contributed by atoms with Gasteiger partial charge in [-0.25, -0.2) is 5.84 Å². The first-order chi connectivity index (χ1) is 5.88. The Hall–Kier alpha value is -1.13. The zero-order chi connectivity index (χ0) is 8.39. The molecule has 1 aliphatic rings. The third-order valence-electron chi connectivity index (χ3n) is 1.74. The smallest absolute Gasteiger partial charge is 0.0848 e. The second-order valence-electron chi connectivity index (χ2n) is 2.53. The number of nitrogens with two attached hydrogens (primary N) is 1. The highest BCUT2D eigenvalue weighted by Crippen LogP contribution is 2.20. The van der Waals surface area contributed by atoms with Crippen LogP contribution in [-0.2, 0) is 0 Å². The van der Waals surface area contributed by atoms with Gasteiger partial charge in [-0.2, -0.15) is 10.2 Å². The van der Waals surface area contributed by atoms with Gasteiger partial charge in [0.25, 0.3) is 0 Å². The molecule has 0 bridgehead atoms. The van der Waals surface area contributed by atoms with Gasteiger partial charge in [0.05, 0.1) is 5.69 Å². The van der Waals surface area contributed by atoms with Crippen molar-refractivity contribution in [3.63, 3.8) is 0 Å². The monoisotopic (exact) mass is 239 g/mol. The van der Waals surface area contributed by atoms with E-state index >= 15 is 0 Å². The Kier molecular flexibility index (Phi) is 3.22. The molecule has 0 amide bonds. The number of allylic oxidation sites excluding steroid dienone is 1. The quantitative estimate of drug-likeness (QED) is 0.704. The maximum Gasteiger partial charge on any atom is 0.0848 e. The number of hydrazine groups is 1. The molecule has 0 atom stereocenters. The van der Waals surface area contributed by atoms with Crippen molar-refractivity contribution in [2.24, 2.45) is 10.9 Å². The van der Waals surface area contributed by atoms with Crippen LogP contribution >= 0.6 is 17.0 Å². The lowest BCUT2D eigenvalue weighted by Crippen LogP contribution is -2.24. The number of nitrogens with zero attached hydrogens (tertiary/aromatic N) is 2. The van der Waals surface area contributed by atoms with Crippen molar-refractivity contribution in [3.05, 3.63) is 35.9 Å². The van der Waals surface area contributed by atoms with E-state index in [2.05, 4.69) is 5.10 Å². The normalized spacial score (nSPS) is 13.2. The minimum Gasteiger partial charge on any atom is -0.226 e. The second kappa shape index (κ2) is 4.20. The van der Waals surface area contributed by atoms with Crippen LogP contribution in [-0.4, -0.2) is 6.21 Å². The first kappa shape index (κ1) is 9.95. The Morgan fingerprint density at radius 2 is 2.00 bits per heavy atom. The summed E-state index contributed by atoms with van der Waals surface area (Å²) >= 11 is 0. The number of hydrogen-bond donors (Lipinski definition) is 1. The number of benzene rings is 1. The minimum atomic E-state index is 0. The molecule has 0 aromatic heterocycles. The molecule has 4 heteroatoms. The predicted octanol–water partition coefficient (Wildman–Crippen LogP) is 1.96. The average Bonchev–Trinajstić information content (AvgIpc) is 2.29. The maximum absolute atomic E-state index is 5.64. The lowest BCUT2D eigenvalue weighted by atomic mass is 10.2. The Balaban J connectivity index is 0.000000845. The van der Waals surface area contributed by atoms with Crippen LogP contribution in [0.25, 0.3) is 6.08 Å². The van der Waals surface area contributed by atoms with E-state index in [-0.39, 0.29) is 17.0 Å². The number of halogens is 1. The fraction of sp³-hybridized carbons (Fsp3) is 0. The summed E-state index contributed by atoms with van der Waals surface area (Å²) < 4.78 is 0. The molecule has 2 rings (SSSR count). The SMILES string of the molecule is Br.NN1N=CC=Cc2ccccc21. The second-order valence-corrected chi connectivity index (χ2v) is 2.53. The Labute approximate surface area is 87.3 Å². The van der Waals surface area contributed by atoms with Crippen LogP contribution in [0.15, 0.2) is 35.4 Å². The summed E-state index contributed by atoms with van der Waals surface area (Å²) in [6.45, 7) is 0. The van der Waals surface area contributed by atoms with Crippen molar-refractivity contribution in [3.8, 4) is 0 Å². The van der Waals surface area contributed by atoms with Crippen molar-refractivity contribution in [2.45, 2.75) is 0 Å². The van der Waals surface area contributed by atoms with Gasteiger partial charge in [0.1, 0.15) is 0 Å². The van der Waals surface area contributed by atoms with Crippen LogP contribution in [0.3, 0.4) is 0 Å². The predicted molar refractivity (Wildman–Crippen MR) is 61.0 cm³/mol. The molecule has 0 fully saturated rings. The van der Waals surface area contributed by atoms with Gasteiger partial charge in [-0.15, -0.1) is 17.0 Å². The summed E-state index contributed by atoms with van der Waals surface area (Å²) in [5, 5.41) is 5.33. The summed E-state index contributed by atoms with van der Waals surface area (Å²) in [4.78, 5) is 0. The standard InChI is InChI=1S/C9H9N3.BrH/c10-12-9-6-2-1-4-8(9)5-3-7-11-12;/h1-7H,10H2;1H. The van der Waals surface area contributed by atoms with Crippen molar-refractivity contribution in [1.82, 2.24) is 0 Å². The molecule has 0 aliphatic carbocycles. The molecule has 0 saturated carbocycles. The molecule has 68 valence electrons. The topological polar surface area (TPSA) is 41.6 Å². The molecule has 0 saturated heterocycles. The van der Waals surface area contributed by atoms with Gasteiger partial charge in [0.2, 0.25) is 0 Å². The fourth-order valence-electron chi connectivity index (χ4n) is 1.16. The summed E-state index contributed by atoms with van der Waals surface area (Å²) in [6, 6.07) is 7.85. The van der Waals surface area contributed by atoms with Crippen LogP contribution in [0.1, 0.15) is 5.56 Å². The van der Waals surface area contributed by atoms with Gasteiger partial charge < -0.3 is 0 Å². The molecule has 3 nitrogen and oxygen atoms in total. The van der Waals surface area contributed by atoms with Gasteiger partial charge in [-0.3, -0.25) is 0 Å². The van der Waals surface area contributed by atoms with Crippen LogP contribution in [0.2, 0.25) is 0 Å². The van der Waals surface area contributed by atoms with Crippen LogP contribution in [0.5, 0.6) is 0 Å². The average molecular weight is 240 g/mol. The highest BCUT2D eigenvalue weighted by atomic mass is 79.9. The molecular formula is C9H10BrN3. The maximum atomic E-state index is 5.64. The summed E-state index contributed by atoms with van der Waals surface area (Å²) in [5.74, 6) is 5.64. The molecule has 0 spiro atoms. The molecule has 2 N–H and O–H groups in total. The Morgan fingerprint density at radius 3 is 2.85 bits per heavy atom. The van der Waals surface area contributed by atoms with E-state index < -0.39 is 0 Å². The lowest BCUT2D eigenvalue weighted by Gasteiger charge is -2.12. The molecule has 1 heterocycles. The Bertz CT molecular complexity index is 346. The molecule has 1 aromatic rings. The van der Waals surface area contributed by atoms with E-state index in [0.717, 1.165) is 11.3 Å². The van der Waals surface area contributed by atoms with Crippen molar-refractivity contribution in [2.75, 3.05) is 5.12 Å². The number of para-hydroxylation sites is 1. The number of hydrogen-bond acceptors (Lipinski definition) is 3. The first-order valence-corrected chi connectivity index (χ1v) is 3.72. The summed E-state index contributed by atoms with van der Waals surface area (Å²) in [5.41, 5.74) is 2.00. The number of fused-ring (bicyclic) bond motifs is 1. The number of anilines is 1. The third-order valence-corrected chi connectivity index (χ3v) is 1.74. The summed E-state index contributed by atoms with van der Waals surface area (Å²) in [6.07, 6.45) is 5.51. The van der Waals surface area contributed by atoms with E-state index in [1.165, 1.54) is 5.12 Å². The van der Waals surface area contributed by atoms with Crippen LogP contribution in [0, 0.1) is 0 Å². The highest BCUT2D eigenvalue weighted by Gasteiger charge is 2.04.